The molecule has 1 aromatic carbocycles. The van der Waals surface area contributed by atoms with E-state index in [-0.39, 0.29) is 12.6 Å². The number of hydrogen-bond donors (Lipinski definition) is 0. The summed E-state index contributed by atoms with van der Waals surface area (Å²) in [5, 5.41) is 0. The third kappa shape index (κ3) is 5.26. The van der Waals surface area contributed by atoms with E-state index in [0.29, 0.717) is 24.7 Å². The molecule has 0 amide bonds. The first-order valence-electron chi connectivity index (χ1n) is 5.67. The molecule has 0 atom stereocenters. The van der Waals surface area contributed by atoms with Gasteiger partial charge in [0, 0.05) is 0 Å². The molecule has 0 aliphatic heterocycles. The van der Waals surface area contributed by atoms with Crippen LogP contribution in [0.5, 0.6) is 11.5 Å². The summed E-state index contributed by atoms with van der Waals surface area (Å²) in [7, 11) is 0. The van der Waals surface area contributed by atoms with Gasteiger partial charge in [0.05, 0.1) is 6.61 Å². The van der Waals surface area contributed by atoms with Crippen molar-refractivity contribution in [1.82, 2.24) is 0 Å². The maximum atomic E-state index is 11.1. The minimum absolute atomic E-state index is 0.0879. The zero-order chi connectivity index (χ0) is 13.2. The minimum atomic E-state index is -0.379. The van der Waals surface area contributed by atoms with Crippen molar-refractivity contribution >= 4 is 5.97 Å². The van der Waals surface area contributed by atoms with E-state index in [2.05, 4.69) is 11.8 Å². The van der Waals surface area contributed by atoms with Crippen LogP contribution >= 0.6 is 0 Å². The molecule has 0 unspecified atom stereocenters. The van der Waals surface area contributed by atoms with E-state index < -0.39 is 0 Å². The molecule has 0 saturated heterocycles. The summed E-state index contributed by atoms with van der Waals surface area (Å²) in [5.41, 5.74) is 0. The van der Waals surface area contributed by atoms with E-state index in [4.69, 9.17) is 14.2 Å². The summed E-state index contributed by atoms with van der Waals surface area (Å²) >= 11 is 0. The van der Waals surface area contributed by atoms with Crippen molar-refractivity contribution in [2.24, 2.45) is 0 Å². The van der Waals surface area contributed by atoms with Gasteiger partial charge in [-0.25, -0.2) is 4.79 Å². The van der Waals surface area contributed by atoms with Crippen LogP contribution in [0.4, 0.5) is 0 Å². The molecule has 0 aliphatic carbocycles. The number of ether oxygens (including phenoxy) is 3. The third-order valence-electron chi connectivity index (χ3n) is 1.97. The second kappa shape index (κ2) is 8.02. The smallest absolute Gasteiger partial charge is 0.344 e. The lowest BCUT2D eigenvalue weighted by Gasteiger charge is -2.06. The van der Waals surface area contributed by atoms with Crippen molar-refractivity contribution in [1.29, 1.82) is 0 Å². The quantitative estimate of drug-likeness (QED) is 0.571. The summed E-state index contributed by atoms with van der Waals surface area (Å²) in [6.07, 6.45) is 0. The number of carbonyl (C=O) groups is 1. The van der Waals surface area contributed by atoms with Crippen LogP contribution < -0.4 is 9.47 Å². The van der Waals surface area contributed by atoms with Crippen LogP contribution in [-0.4, -0.2) is 25.8 Å². The lowest BCUT2D eigenvalue weighted by molar-refractivity contribution is -0.145. The lowest BCUT2D eigenvalue weighted by Crippen LogP contribution is -2.14. The Bertz CT molecular complexity index is 425. The number of benzene rings is 1. The van der Waals surface area contributed by atoms with E-state index in [0.717, 1.165) is 0 Å². The molecule has 0 spiro atoms. The molecule has 4 heteroatoms. The van der Waals surface area contributed by atoms with Crippen LogP contribution in [0.25, 0.3) is 0 Å². The van der Waals surface area contributed by atoms with E-state index >= 15 is 0 Å². The van der Waals surface area contributed by atoms with Crippen LogP contribution in [0.15, 0.2) is 24.3 Å². The molecule has 18 heavy (non-hydrogen) atoms. The number of rotatable bonds is 6. The molecule has 1 rings (SSSR count). The zero-order valence-electron chi connectivity index (χ0n) is 10.6. The standard InChI is InChI=1S/C14H16O4/c1-3-5-10-17-12-6-8-13(9-7-12)18-11-14(15)16-4-2/h6-9H,4,10-11H2,1-2H3. The Balaban J connectivity index is 2.39. The highest BCUT2D eigenvalue weighted by atomic mass is 16.6. The van der Waals surface area contributed by atoms with Crippen molar-refractivity contribution in [3.8, 4) is 23.3 Å². The normalized spacial score (nSPS) is 9.00. The Kier molecular flexibility index (Phi) is 6.20. The predicted octanol–water partition coefficient (Wildman–Crippen LogP) is 2.03. The van der Waals surface area contributed by atoms with Crippen LogP contribution in [-0.2, 0) is 9.53 Å². The van der Waals surface area contributed by atoms with E-state index in [1.807, 2.05) is 0 Å². The first kappa shape index (κ1) is 13.9. The molecule has 0 aliphatic rings. The van der Waals surface area contributed by atoms with Crippen LogP contribution in [0.1, 0.15) is 13.8 Å². The molecule has 0 radical (unpaired) electrons. The van der Waals surface area contributed by atoms with Crippen molar-refractivity contribution in [3.05, 3.63) is 24.3 Å². The maximum absolute atomic E-state index is 11.1. The third-order valence-corrected chi connectivity index (χ3v) is 1.97. The van der Waals surface area contributed by atoms with Gasteiger partial charge in [-0.1, -0.05) is 5.92 Å². The van der Waals surface area contributed by atoms with Crippen LogP contribution in [0.3, 0.4) is 0 Å². The van der Waals surface area contributed by atoms with Crippen molar-refractivity contribution in [2.75, 3.05) is 19.8 Å². The molecule has 0 N–H and O–H groups in total. The highest BCUT2D eigenvalue weighted by Gasteiger charge is 2.02. The zero-order valence-corrected chi connectivity index (χ0v) is 10.6. The number of carbonyl (C=O) groups excluding carboxylic acids is 1. The molecule has 4 nitrogen and oxygen atoms in total. The molecular formula is C14H16O4. The molecule has 0 saturated carbocycles. The summed E-state index contributed by atoms with van der Waals surface area (Å²) in [5.74, 6) is 6.47. The van der Waals surface area contributed by atoms with Gasteiger partial charge in [-0.2, -0.15) is 0 Å². The first-order valence-corrected chi connectivity index (χ1v) is 5.67. The average Bonchev–Trinajstić information content (AvgIpc) is 2.38. The minimum Gasteiger partial charge on any atom is -0.482 e. The highest BCUT2D eigenvalue weighted by molar-refractivity contribution is 5.71. The van der Waals surface area contributed by atoms with Crippen molar-refractivity contribution in [3.63, 3.8) is 0 Å². The first-order chi connectivity index (χ1) is 8.76. The summed E-state index contributed by atoms with van der Waals surface area (Å²) < 4.78 is 15.3. The maximum Gasteiger partial charge on any atom is 0.344 e. The van der Waals surface area contributed by atoms with Gasteiger partial charge in [0.1, 0.15) is 18.1 Å². The van der Waals surface area contributed by atoms with E-state index in [1.165, 1.54) is 0 Å². The van der Waals surface area contributed by atoms with E-state index in [1.54, 1.807) is 38.1 Å². The SMILES string of the molecule is CC#CCOc1ccc(OCC(=O)OCC)cc1. The van der Waals surface area contributed by atoms with Gasteiger partial charge in [-0.3, -0.25) is 0 Å². The Labute approximate surface area is 107 Å². The van der Waals surface area contributed by atoms with Crippen molar-refractivity contribution < 1.29 is 19.0 Å². The van der Waals surface area contributed by atoms with Gasteiger partial charge in [0.2, 0.25) is 0 Å². The molecule has 0 fully saturated rings. The highest BCUT2D eigenvalue weighted by Crippen LogP contribution is 2.17. The van der Waals surface area contributed by atoms with Gasteiger partial charge in [-0.15, -0.1) is 5.92 Å². The Hall–Kier alpha value is -2.15. The predicted molar refractivity (Wildman–Crippen MR) is 67.5 cm³/mol. The largest absolute Gasteiger partial charge is 0.482 e. The van der Waals surface area contributed by atoms with Crippen LogP contribution in [0, 0.1) is 11.8 Å². The fourth-order valence-corrected chi connectivity index (χ4v) is 1.17. The fraction of sp³-hybridized carbons (Fsp3) is 0.357. The second-order valence-corrected chi connectivity index (χ2v) is 3.28. The molecule has 96 valence electrons. The molecule has 0 heterocycles. The summed E-state index contributed by atoms with van der Waals surface area (Å²) in [4.78, 5) is 11.1. The van der Waals surface area contributed by atoms with Gasteiger partial charge in [0.15, 0.2) is 6.61 Å². The second-order valence-electron chi connectivity index (χ2n) is 3.28. The van der Waals surface area contributed by atoms with Gasteiger partial charge < -0.3 is 14.2 Å². The topological polar surface area (TPSA) is 44.8 Å². The molecule has 0 aromatic heterocycles. The Morgan fingerprint density at radius 1 is 1.17 bits per heavy atom. The Morgan fingerprint density at radius 3 is 2.33 bits per heavy atom. The van der Waals surface area contributed by atoms with Crippen molar-refractivity contribution in [2.45, 2.75) is 13.8 Å². The van der Waals surface area contributed by atoms with Gasteiger partial charge in [0.25, 0.3) is 0 Å². The Morgan fingerprint density at radius 2 is 1.78 bits per heavy atom. The summed E-state index contributed by atoms with van der Waals surface area (Å²) in [6, 6.07) is 6.98. The van der Waals surface area contributed by atoms with Crippen LogP contribution in [0.2, 0.25) is 0 Å². The monoisotopic (exact) mass is 248 g/mol. The molecule has 1 aromatic rings. The number of esters is 1. The van der Waals surface area contributed by atoms with Gasteiger partial charge >= 0.3 is 5.97 Å². The fourth-order valence-electron chi connectivity index (χ4n) is 1.17. The summed E-state index contributed by atoms with van der Waals surface area (Å²) in [6.45, 7) is 4.14. The molecular weight excluding hydrogens is 232 g/mol. The molecule has 0 bridgehead atoms. The number of hydrogen-bond acceptors (Lipinski definition) is 4. The van der Waals surface area contributed by atoms with E-state index in [9.17, 15) is 4.79 Å². The lowest BCUT2D eigenvalue weighted by atomic mass is 10.3. The average molecular weight is 248 g/mol. The van der Waals surface area contributed by atoms with Gasteiger partial charge in [-0.05, 0) is 38.1 Å².